The highest BCUT2D eigenvalue weighted by atomic mass is 32.2. The summed E-state index contributed by atoms with van der Waals surface area (Å²) in [6.45, 7) is -0.0396. The van der Waals surface area contributed by atoms with Crippen LogP contribution >= 0.6 is 0 Å². The number of hydrogen-bond acceptors (Lipinski definition) is 4. The maximum atomic E-state index is 11.5. The molecule has 0 aliphatic heterocycles. The van der Waals surface area contributed by atoms with Crippen LogP contribution in [0.5, 0.6) is 0 Å². The molecule has 1 aromatic carbocycles. The predicted molar refractivity (Wildman–Crippen MR) is 62.1 cm³/mol. The molecular formula is C10H14N2O4S. The van der Waals surface area contributed by atoms with E-state index in [2.05, 4.69) is 10.0 Å². The highest BCUT2D eigenvalue weighted by molar-refractivity contribution is 7.89. The van der Waals surface area contributed by atoms with E-state index < -0.39 is 15.9 Å². The zero-order valence-electron chi connectivity index (χ0n) is 9.30. The molecule has 3 N–H and O–H groups in total. The van der Waals surface area contributed by atoms with Gasteiger partial charge in [0.2, 0.25) is 10.0 Å². The molecule has 0 unspecified atom stereocenters. The van der Waals surface area contributed by atoms with Crippen LogP contribution in [-0.4, -0.2) is 39.6 Å². The van der Waals surface area contributed by atoms with Gasteiger partial charge in [0.1, 0.15) is 0 Å². The van der Waals surface area contributed by atoms with Gasteiger partial charge in [0.15, 0.2) is 0 Å². The number of carbonyl (C=O) groups excluding carboxylic acids is 1. The third kappa shape index (κ3) is 3.52. The zero-order chi connectivity index (χ0) is 12.9. The van der Waals surface area contributed by atoms with E-state index in [-0.39, 0.29) is 23.6 Å². The van der Waals surface area contributed by atoms with Gasteiger partial charge in [0.05, 0.1) is 11.5 Å². The molecule has 1 aromatic rings. The van der Waals surface area contributed by atoms with Crippen molar-refractivity contribution in [3.05, 3.63) is 29.8 Å². The number of hydrogen-bond donors (Lipinski definition) is 3. The van der Waals surface area contributed by atoms with Gasteiger partial charge in [0, 0.05) is 12.1 Å². The Balaban J connectivity index is 2.98. The lowest BCUT2D eigenvalue weighted by atomic mass is 10.2. The van der Waals surface area contributed by atoms with Crippen molar-refractivity contribution in [3.63, 3.8) is 0 Å². The smallest absolute Gasteiger partial charge is 0.251 e. The molecule has 0 spiro atoms. The quantitative estimate of drug-likeness (QED) is 0.652. The molecule has 0 saturated carbocycles. The Labute approximate surface area is 99.7 Å². The Morgan fingerprint density at radius 3 is 2.71 bits per heavy atom. The molecule has 1 amide bonds. The second kappa shape index (κ2) is 5.76. The molecule has 0 aliphatic rings. The van der Waals surface area contributed by atoms with Crippen LogP contribution in [0.3, 0.4) is 0 Å². The highest BCUT2D eigenvalue weighted by Crippen LogP contribution is 2.10. The first kappa shape index (κ1) is 13.6. The van der Waals surface area contributed by atoms with Crippen molar-refractivity contribution in [1.29, 1.82) is 0 Å². The van der Waals surface area contributed by atoms with Gasteiger partial charge in [-0.1, -0.05) is 6.07 Å². The second-order valence-electron chi connectivity index (χ2n) is 3.21. The molecule has 0 radical (unpaired) electrons. The van der Waals surface area contributed by atoms with E-state index in [0.29, 0.717) is 0 Å². The SMILES string of the molecule is CNS(=O)(=O)c1cccc(C(=O)NCCO)c1. The fraction of sp³-hybridized carbons (Fsp3) is 0.300. The maximum Gasteiger partial charge on any atom is 0.251 e. The minimum Gasteiger partial charge on any atom is -0.395 e. The van der Waals surface area contributed by atoms with Crippen LogP contribution in [-0.2, 0) is 10.0 Å². The minimum absolute atomic E-state index is 0.0247. The maximum absolute atomic E-state index is 11.5. The first-order chi connectivity index (χ1) is 8.01. The molecule has 0 heterocycles. The largest absolute Gasteiger partial charge is 0.395 e. The van der Waals surface area contributed by atoms with Crippen LogP contribution in [0.4, 0.5) is 0 Å². The van der Waals surface area contributed by atoms with Crippen molar-refractivity contribution < 1.29 is 18.3 Å². The summed E-state index contributed by atoms with van der Waals surface area (Å²) in [5.74, 6) is -0.424. The number of amides is 1. The fourth-order valence-electron chi connectivity index (χ4n) is 1.19. The summed E-state index contributed by atoms with van der Waals surface area (Å²) >= 11 is 0. The number of benzene rings is 1. The van der Waals surface area contributed by atoms with Crippen LogP contribution in [0.2, 0.25) is 0 Å². The minimum atomic E-state index is -3.55. The summed E-state index contributed by atoms with van der Waals surface area (Å²) in [5, 5.41) is 11.0. The molecule has 94 valence electrons. The number of rotatable bonds is 5. The first-order valence-corrected chi connectivity index (χ1v) is 6.42. The van der Waals surface area contributed by atoms with Gasteiger partial charge < -0.3 is 10.4 Å². The number of nitrogens with one attached hydrogen (secondary N) is 2. The molecule has 0 bridgehead atoms. The van der Waals surface area contributed by atoms with E-state index in [1.54, 1.807) is 0 Å². The monoisotopic (exact) mass is 258 g/mol. The van der Waals surface area contributed by atoms with Crippen molar-refractivity contribution in [2.75, 3.05) is 20.2 Å². The molecule has 0 aromatic heterocycles. The van der Waals surface area contributed by atoms with Crippen LogP contribution in [0.15, 0.2) is 29.2 Å². The Morgan fingerprint density at radius 1 is 1.41 bits per heavy atom. The van der Waals surface area contributed by atoms with Crippen molar-refractivity contribution in [3.8, 4) is 0 Å². The standard InChI is InChI=1S/C10H14N2O4S/c1-11-17(15,16)9-4-2-3-8(7-9)10(14)12-5-6-13/h2-4,7,11,13H,5-6H2,1H3,(H,12,14). The molecule has 0 fully saturated rings. The number of aliphatic hydroxyl groups excluding tert-OH is 1. The van der Waals surface area contributed by atoms with Crippen molar-refractivity contribution in [1.82, 2.24) is 10.0 Å². The van der Waals surface area contributed by atoms with Gasteiger partial charge in [-0.2, -0.15) is 0 Å². The van der Waals surface area contributed by atoms with Crippen molar-refractivity contribution in [2.45, 2.75) is 4.90 Å². The zero-order valence-corrected chi connectivity index (χ0v) is 10.1. The number of sulfonamides is 1. The fourth-order valence-corrected chi connectivity index (χ4v) is 1.97. The van der Waals surface area contributed by atoms with E-state index >= 15 is 0 Å². The summed E-state index contributed by atoms with van der Waals surface area (Å²) in [4.78, 5) is 11.6. The average molecular weight is 258 g/mol. The summed E-state index contributed by atoms with van der Waals surface area (Å²) < 4.78 is 25.2. The second-order valence-corrected chi connectivity index (χ2v) is 5.10. The lowest BCUT2D eigenvalue weighted by Gasteiger charge is -2.06. The Bertz CT molecular complexity index is 499. The predicted octanol–water partition coefficient (Wildman–Crippen LogP) is -0.683. The molecule has 17 heavy (non-hydrogen) atoms. The third-order valence-electron chi connectivity index (χ3n) is 2.07. The first-order valence-electron chi connectivity index (χ1n) is 4.94. The van der Waals surface area contributed by atoms with E-state index in [1.807, 2.05) is 0 Å². The summed E-state index contributed by atoms with van der Waals surface area (Å²) in [5.41, 5.74) is 0.231. The topological polar surface area (TPSA) is 95.5 Å². The molecule has 1 rings (SSSR count). The van der Waals surface area contributed by atoms with Crippen LogP contribution in [0.25, 0.3) is 0 Å². The Hall–Kier alpha value is -1.44. The Kier molecular flexibility index (Phi) is 4.62. The lowest BCUT2D eigenvalue weighted by Crippen LogP contribution is -2.26. The van der Waals surface area contributed by atoms with Gasteiger partial charge in [-0.15, -0.1) is 0 Å². The molecular weight excluding hydrogens is 244 g/mol. The van der Waals surface area contributed by atoms with Gasteiger partial charge in [-0.05, 0) is 25.2 Å². The van der Waals surface area contributed by atoms with Gasteiger partial charge in [-0.3, -0.25) is 4.79 Å². The van der Waals surface area contributed by atoms with Gasteiger partial charge in [0.25, 0.3) is 5.91 Å². The molecule has 0 saturated heterocycles. The molecule has 0 aliphatic carbocycles. The van der Waals surface area contributed by atoms with E-state index in [0.717, 1.165) is 0 Å². The molecule has 6 nitrogen and oxygen atoms in total. The average Bonchev–Trinajstić information content (AvgIpc) is 2.36. The van der Waals surface area contributed by atoms with Crippen molar-refractivity contribution >= 4 is 15.9 Å². The summed E-state index contributed by atoms with van der Waals surface area (Å²) in [6, 6.07) is 5.66. The van der Waals surface area contributed by atoms with E-state index in [9.17, 15) is 13.2 Å². The van der Waals surface area contributed by atoms with E-state index in [1.165, 1.54) is 31.3 Å². The molecule has 7 heteroatoms. The Morgan fingerprint density at radius 2 is 2.12 bits per heavy atom. The van der Waals surface area contributed by atoms with Crippen LogP contribution in [0, 0.1) is 0 Å². The summed E-state index contributed by atoms with van der Waals surface area (Å²) in [7, 11) is -2.25. The normalized spacial score (nSPS) is 11.2. The molecule has 0 atom stereocenters. The van der Waals surface area contributed by atoms with Crippen LogP contribution in [0.1, 0.15) is 10.4 Å². The number of aliphatic hydroxyl groups is 1. The lowest BCUT2D eigenvalue weighted by molar-refractivity contribution is 0.0944. The van der Waals surface area contributed by atoms with Crippen molar-refractivity contribution in [2.24, 2.45) is 0 Å². The van der Waals surface area contributed by atoms with E-state index in [4.69, 9.17) is 5.11 Å². The van der Waals surface area contributed by atoms with Crippen LogP contribution < -0.4 is 10.0 Å². The van der Waals surface area contributed by atoms with Gasteiger partial charge >= 0.3 is 0 Å². The number of carbonyl (C=O) groups is 1. The van der Waals surface area contributed by atoms with Gasteiger partial charge in [-0.25, -0.2) is 13.1 Å². The summed E-state index contributed by atoms with van der Waals surface area (Å²) in [6.07, 6.45) is 0. The highest BCUT2D eigenvalue weighted by Gasteiger charge is 2.13. The third-order valence-corrected chi connectivity index (χ3v) is 3.48.